The van der Waals surface area contributed by atoms with Gasteiger partial charge < -0.3 is 15.4 Å². The second-order valence-electron chi connectivity index (χ2n) is 6.50. The van der Waals surface area contributed by atoms with Crippen LogP contribution in [0.25, 0.3) is 0 Å². The van der Waals surface area contributed by atoms with Crippen molar-refractivity contribution in [2.75, 3.05) is 11.9 Å². The molecule has 0 saturated carbocycles. The van der Waals surface area contributed by atoms with Crippen molar-refractivity contribution in [2.24, 2.45) is 0 Å². The zero-order valence-corrected chi connectivity index (χ0v) is 15.9. The van der Waals surface area contributed by atoms with Crippen molar-refractivity contribution >= 4 is 17.5 Å². The Hall–Kier alpha value is -3.67. The molecule has 0 unspecified atom stereocenters. The van der Waals surface area contributed by atoms with Crippen molar-refractivity contribution in [1.82, 2.24) is 5.32 Å². The number of halogens is 1. The lowest BCUT2D eigenvalue weighted by atomic mass is 10.2. The third kappa shape index (κ3) is 5.90. The van der Waals surface area contributed by atoms with Gasteiger partial charge in [0.25, 0.3) is 11.8 Å². The van der Waals surface area contributed by atoms with Crippen LogP contribution in [0.5, 0.6) is 5.75 Å². The van der Waals surface area contributed by atoms with Gasteiger partial charge in [-0.1, -0.05) is 42.5 Å². The second kappa shape index (κ2) is 9.50. The first kappa shape index (κ1) is 20.1. The van der Waals surface area contributed by atoms with E-state index in [0.717, 1.165) is 5.56 Å². The van der Waals surface area contributed by atoms with Crippen molar-refractivity contribution < 1.29 is 18.7 Å². The summed E-state index contributed by atoms with van der Waals surface area (Å²) in [5.74, 6) is -0.661. The Labute approximate surface area is 168 Å². The van der Waals surface area contributed by atoms with Crippen LogP contribution < -0.4 is 15.4 Å². The van der Waals surface area contributed by atoms with Gasteiger partial charge in [-0.25, -0.2) is 4.39 Å². The number of benzene rings is 3. The Morgan fingerprint density at radius 2 is 1.76 bits per heavy atom. The number of carbonyl (C=O) groups is 2. The second-order valence-corrected chi connectivity index (χ2v) is 6.50. The zero-order valence-electron chi connectivity index (χ0n) is 15.9. The molecule has 0 aliphatic heterocycles. The van der Waals surface area contributed by atoms with Crippen molar-refractivity contribution in [3.63, 3.8) is 0 Å². The summed E-state index contributed by atoms with van der Waals surface area (Å²) in [5, 5.41) is 5.41. The van der Waals surface area contributed by atoms with Crippen molar-refractivity contribution in [1.29, 1.82) is 0 Å². The Bertz CT molecular complexity index is 1010. The van der Waals surface area contributed by atoms with Crippen molar-refractivity contribution in [2.45, 2.75) is 13.5 Å². The normalized spacial score (nSPS) is 10.3. The topological polar surface area (TPSA) is 67.4 Å². The Kier molecular flexibility index (Phi) is 6.58. The van der Waals surface area contributed by atoms with E-state index in [9.17, 15) is 14.0 Å². The molecule has 0 fully saturated rings. The van der Waals surface area contributed by atoms with E-state index >= 15 is 0 Å². The fourth-order valence-corrected chi connectivity index (χ4v) is 2.62. The molecule has 3 aromatic rings. The average molecular weight is 392 g/mol. The van der Waals surface area contributed by atoms with Crippen LogP contribution >= 0.6 is 0 Å². The smallest absolute Gasteiger partial charge is 0.262 e. The summed E-state index contributed by atoms with van der Waals surface area (Å²) in [4.78, 5) is 24.3. The van der Waals surface area contributed by atoms with Crippen LogP contribution in [0, 0.1) is 12.7 Å². The van der Waals surface area contributed by atoms with Gasteiger partial charge in [0.2, 0.25) is 0 Å². The minimum Gasteiger partial charge on any atom is -0.484 e. The highest BCUT2D eigenvalue weighted by molar-refractivity contribution is 5.94. The third-order valence-corrected chi connectivity index (χ3v) is 4.22. The molecular weight excluding hydrogens is 371 g/mol. The maximum Gasteiger partial charge on any atom is 0.262 e. The summed E-state index contributed by atoms with van der Waals surface area (Å²) >= 11 is 0. The number of amides is 2. The lowest BCUT2D eigenvalue weighted by molar-refractivity contribution is -0.118. The predicted molar refractivity (Wildman–Crippen MR) is 109 cm³/mol. The SMILES string of the molecule is Cc1ccc(NC(=O)COc2cccc(C(=O)NCc3ccccc3)c2)cc1F. The van der Waals surface area contributed by atoms with Gasteiger partial charge in [-0.3, -0.25) is 9.59 Å². The molecule has 0 bridgehead atoms. The minimum atomic E-state index is -0.424. The first-order chi connectivity index (χ1) is 14.0. The molecule has 0 heterocycles. The molecule has 148 valence electrons. The van der Waals surface area contributed by atoms with E-state index in [1.807, 2.05) is 30.3 Å². The monoisotopic (exact) mass is 392 g/mol. The summed E-state index contributed by atoms with van der Waals surface area (Å²) in [6.07, 6.45) is 0. The molecule has 0 saturated heterocycles. The van der Waals surface area contributed by atoms with Gasteiger partial charge in [0.1, 0.15) is 11.6 Å². The molecule has 2 N–H and O–H groups in total. The summed E-state index contributed by atoms with van der Waals surface area (Å²) in [7, 11) is 0. The standard InChI is InChI=1S/C23H21FN2O3/c1-16-10-11-19(13-21(16)24)26-22(27)15-29-20-9-5-8-18(12-20)23(28)25-14-17-6-3-2-4-7-17/h2-13H,14-15H2,1H3,(H,25,28)(H,26,27). The lowest BCUT2D eigenvalue weighted by Crippen LogP contribution is -2.23. The molecule has 0 spiro atoms. The first-order valence-corrected chi connectivity index (χ1v) is 9.12. The van der Waals surface area contributed by atoms with Crippen LogP contribution in [0.4, 0.5) is 10.1 Å². The molecule has 0 aromatic heterocycles. The molecule has 3 rings (SSSR count). The molecule has 0 radical (unpaired) electrons. The highest BCUT2D eigenvalue weighted by atomic mass is 19.1. The van der Waals surface area contributed by atoms with Gasteiger partial charge in [0.15, 0.2) is 6.61 Å². The number of rotatable bonds is 7. The number of ether oxygens (including phenoxy) is 1. The van der Waals surface area contributed by atoms with Crippen LogP contribution in [0.3, 0.4) is 0 Å². The molecular formula is C23H21FN2O3. The number of aryl methyl sites for hydroxylation is 1. The van der Waals surface area contributed by atoms with Gasteiger partial charge in [0, 0.05) is 17.8 Å². The van der Waals surface area contributed by atoms with Gasteiger partial charge >= 0.3 is 0 Å². The molecule has 6 heteroatoms. The van der Waals surface area contributed by atoms with Crippen LogP contribution in [0.15, 0.2) is 72.8 Å². The maximum atomic E-state index is 13.6. The Balaban J connectivity index is 1.53. The minimum absolute atomic E-state index is 0.237. The summed E-state index contributed by atoms with van der Waals surface area (Å²) in [6.45, 7) is 1.80. The van der Waals surface area contributed by atoms with E-state index in [1.165, 1.54) is 6.07 Å². The summed E-state index contributed by atoms with van der Waals surface area (Å²) in [5.41, 5.74) is 2.29. The van der Waals surface area contributed by atoms with Crippen molar-refractivity contribution in [3.05, 3.63) is 95.3 Å². The fourth-order valence-electron chi connectivity index (χ4n) is 2.62. The van der Waals surface area contributed by atoms with Gasteiger partial charge in [-0.2, -0.15) is 0 Å². The largest absolute Gasteiger partial charge is 0.484 e. The van der Waals surface area contributed by atoms with E-state index in [-0.39, 0.29) is 12.5 Å². The van der Waals surface area contributed by atoms with Crippen LogP contribution in [0.1, 0.15) is 21.5 Å². The highest BCUT2D eigenvalue weighted by Crippen LogP contribution is 2.15. The Morgan fingerprint density at radius 1 is 0.966 bits per heavy atom. The number of nitrogens with one attached hydrogen (secondary N) is 2. The summed E-state index contributed by atoms with van der Waals surface area (Å²) in [6, 6.07) is 20.6. The van der Waals surface area contributed by atoms with E-state index in [4.69, 9.17) is 4.74 Å². The maximum absolute atomic E-state index is 13.6. The zero-order chi connectivity index (χ0) is 20.6. The van der Waals surface area contributed by atoms with E-state index in [1.54, 1.807) is 43.3 Å². The molecule has 2 amide bonds. The molecule has 5 nitrogen and oxygen atoms in total. The molecule has 29 heavy (non-hydrogen) atoms. The molecule has 3 aromatic carbocycles. The van der Waals surface area contributed by atoms with E-state index in [2.05, 4.69) is 10.6 Å². The highest BCUT2D eigenvalue weighted by Gasteiger charge is 2.09. The number of carbonyl (C=O) groups excluding carboxylic acids is 2. The predicted octanol–water partition coefficient (Wildman–Crippen LogP) is 4.08. The van der Waals surface area contributed by atoms with Gasteiger partial charge in [-0.05, 0) is 48.4 Å². The quantitative estimate of drug-likeness (QED) is 0.637. The number of hydrogen-bond donors (Lipinski definition) is 2. The third-order valence-electron chi connectivity index (χ3n) is 4.22. The summed E-state index contributed by atoms with van der Waals surface area (Å²) < 4.78 is 19.0. The van der Waals surface area contributed by atoms with Crippen LogP contribution in [0.2, 0.25) is 0 Å². The molecule has 0 aliphatic carbocycles. The van der Waals surface area contributed by atoms with Crippen molar-refractivity contribution in [3.8, 4) is 5.75 Å². The van der Waals surface area contributed by atoms with E-state index in [0.29, 0.717) is 29.1 Å². The lowest BCUT2D eigenvalue weighted by Gasteiger charge is -2.10. The number of hydrogen-bond acceptors (Lipinski definition) is 3. The van der Waals surface area contributed by atoms with Gasteiger partial charge in [-0.15, -0.1) is 0 Å². The van der Waals surface area contributed by atoms with Gasteiger partial charge in [0.05, 0.1) is 0 Å². The fraction of sp³-hybridized carbons (Fsp3) is 0.130. The van der Waals surface area contributed by atoms with Crippen LogP contribution in [-0.4, -0.2) is 18.4 Å². The van der Waals surface area contributed by atoms with E-state index < -0.39 is 11.7 Å². The Morgan fingerprint density at radius 3 is 2.52 bits per heavy atom. The van der Waals surface area contributed by atoms with Crippen LogP contribution in [-0.2, 0) is 11.3 Å². The average Bonchev–Trinajstić information content (AvgIpc) is 2.74. The molecule has 0 atom stereocenters. The molecule has 0 aliphatic rings. The first-order valence-electron chi connectivity index (χ1n) is 9.12. The number of anilines is 1.